The topological polar surface area (TPSA) is 90.8 Å². The summed E-state index contributed by atoms with van der Waals surface area (Å²) in [6.07, 6.45) is 0.570. The fourth-order valence-electron chi connectivity index (χ4n) is 1.93. The number of hydrogen-bond donors (Lipinski definition) is 3. The molecule has 6 nitrogen and oxygen atoms in total. The first-order valence-corrected chi connectivity index (χ1v) is 6.55. The van der Waals surface area contributed by atoms with Crippen LogP contribution in [0.5, 0.6) is 0 Å². The Labute approximate surface area is 116 Å². The molecule has 0 radical (unpaired) electrons. The molecule has 1 heterocycles. The number of carbonyl (C=O) groups excluding carboxylic acids is 1. The predicted molar refractivity (Wildman–Crippen MR) is 76.0 cm³/mol. The zero-order valence-corrected chi connectivity index (χ0v) is 11.1. The second kappa shape index (κ2) is 6.70. The minimum atomic E-state index is -0.882. The second-order valence-electron chi connectivity index (χ2n) is 4.53. The zero-order chi connectivity index (χ0) is 14.4. The summed E-state index contributed by atoms with van der Waals surface area (Å²) < 4.78 is 0. The lowest BCUT2D eigenvalue weighted by atomic mass is 10.2. The molecule has 0 unspecified atom stereocenters. The van der Waals surface area contributed by atoms with E-state index in [9.17, 15) is 9.59 Å². The minimum Gasteiger partial charge on any atom is -0.481 e. The Kier molecular flexibility index (Phi) is 4.70. The Morgan fingerprint density at radius 3 is 2.60 bits per heavy atom. The lowest BCUT2D eigenvalue weighted by Gasteiger charge is -2.06. The summed E-state index contributed by atoms with van der Waals surface area (Å²) in [4.78, 5) is 26.3. The Morgan fingerprint density at radius 1 is 1.25 bits per heavy atom. The molecule has 0 atom stereocenters. The van der Waals surface area contributed by atoms with E-state index in [1.807, 2.05) is 24.3 Å². The molecule has 0 aromatic heterocycles. The molecular weight excluding hydrogens is 258 g/mol. The highest BCUT2D eigenvalue weighted by Gasteiger charge is 2.08. The van der Waals surface area contributed by atoms with Gasteiger partial charge in [0.1, 0.15) is 5.84 Å². The van der Waals surface area contributed by atoms with Crippen molar-refractivity contribution in [2.24, 2.45) is 4.99 Å². The fraction of sp³-hybridized carbons (Fsp3) is 0.357. The van der Waals surface area contributed by atoms with Gasteiger partial charge in [-0.1, -0.05) is 0 Å². The van der Waals surface area contributed by atoms with Crippen LogP contribution in [-0.2, 0) is 9.59 Å². The number of nitrogens with zero attached hydrogens (tertiary/aromatic N) is 1. The van der Waals surface area contributed by atoms with E-state index in [-0.39, 0.29) is 18.7 Å². The van der Waals surface area contributed by atoms with Crippen molar-refractivity contribution in [1.29, 1.82) is 0 Å². The van der Waals surface area contributed by atoms with Crippen LogP contribution < -0.4 is 10.6 Å². The number of carboxylic acids is 1. The SMILES string of the molecule is O=C(O)CCCC(=O)Nc1ccc(C2=NCCN2)cc1. The van der Waals surface area contributed by atoms with Crippen molar-refractivity contribution in [3.63, 3.8) is 0 Å². The van der Waals surface area contributed by atoms with Gasteiger partial charge in [-0.05, 0) is 30.7 Å². The lowest BCUT2D eigenvalue weighted by Crippen LogP contribution is -2.19. The number of carboxylic acid groups (broad SMARTS) is 1. The Morgan fingerprint density at radius 2 is 2.00 bits per heavy atom. The fourth-order valence-corrected chi connectivity index (χ4v) is 1.93. The number of rotatable bonds is 6. The van der Waals surface area contributed by atoms with E-state index in [0.717, 1.165) is 24.5 Å². The molecular formula is C14H17N3O3. The molecule has 20 heavy (non-hydrogen) atoms. The van der Waals surface area contributed by atoms with E-state index >= 15 is 0 Å². The quantitative estimate of drug-likeness (QED) is 0.728. The molecule has 1 aromatic carbocycles. The Balaban J connectivity index is 1.84. The second-order valence-corrected chi connectivity index (χ2v) is 4.53. The molecule has 0 fully saturated rings. The average molecular weight is 275 g/mol. The van der Waals surface area contributed by atoms with E-state index in [1.54, 1.807) is 0 Å². The number of nitrogens with one attached hydrogen (secondary N) is 2. The van der Waals surface area contributed by atoms with Crippen molar-refractivity contribution in [3.05, 3.63) is 29.8 Å². The summed E-state index contributed by atoms with van der Waals surface area (Å²) >= 11 is 0. The first-order valence-electron chi connectivity index (χ1n) is 6.55. The number of benzene rings is 1. The molecule has 6 heteroatoms. The van der Waals surface area contributed by atoms with Gasteiger partial charge < -0.3 is 15.7 Å². The molecule has 0 aliphatic carbocycles. The number of hydrogen-bond acceptors (Lipinski definition) is 4. The summed E-state index contributed by atoms with van der Waals surface area (Å²) in [6.45, 7) is 1.65. The maximum absolute atomic E-state index is 11.6. The summed E-state index contributed by atoms with van der Waals surface area (Å²) in [5.74, 6) is -0.174. The molecule has 3 N–H and O–H groups in total. The van der Waals surface area contributed by atoms with Gasteiger partial charge in [0, 0.05) is 30.6 Å². The highest BCUT2D eigenvalue weighted by atomic mass is 16.4. The van der Waals surface area contributed by atoms with Crippen molar-refractivity contribution < 1.29 is 14.7 Å². The van der Waals surface area contributed by atoms with Crippen LogP contribution in [0.2, 0.25) is 0 Å². The van der Waals surface area contributed by atoms with Crippen LogP contribution in [0.25, 0.3) is 0 Å². The maximum Gasteiger partial charge on any atom is 0.303 e. The highest BCUT2D eigenvalue weighted by Crippen LogP contribution is 2.11. The highest BCUT2D eigenvalue weighted by molar-refractivity contribution is 6.00. The monoisotopic (exact) mass is 275 g/mol. The van der Waals surface area contributed by atoms with E-state index < -0.39 is 5.97 Å². The first-order chi connectivity index (χ1) is 9.65. The zero-order valence-electron chi connectivity index (χ0n) is 11.1. The number of amidine groups is 1. The van der Waals surface area contributed by atoms with Gasteiger partial charge >= 0.3 is 5.97 Å². The van der Waals surface area contributed by atoms with E-state index in [4.69, 9.17) is 5.11 Å². The Bertz CT molecular complexity index is 523. The van der Waals surface area contributed by atoms with Crippen molar-refractivity contribution >= 4 is 23.4 Å². The molecule has 0 saturated carbocycles. The van der Waals surface area contributed by atoms with E-state index in [1.165, 1.54) is 0 Å². The van der Waals surface area contributed by atoms with Crippen LogP contribution in [-0.4, -0.2) is 35.9 Å². The number of amides is 1. The van der Waals surface area contributed by atoms with Gasteiger partial charge in [-0.15, -0.1) is 0 Å². The molecule has 106 valence electrons. The van der Waals surface area contributed by atoms with Crippen molar-refractivity contribution in [3.8, 4) is 0 Å². The molecule has 1 aromatic rings. The predicted octanol–water partition coefficient (Wildman–Crippen LogP) is 1.23. The first kappa shape index (κ1) is 14.0. The minimum absolute atomic E-state index is 0.0118. The van der Waals surface area contributed by atoms with Crippen molar-refractivity contribution in [2.45, 2.75) is 19.3 Å². The lowest BCUT2D eigenvalue weighted by molar-refractivity contribution is -0.137. The smallest absolute Gasteiger partial charge is 0.303 e. The van der Waals surface area contributed by atoms with E-state index in [0.29, 0.717) is 12.1 Å². The van der Waals surface area contributed by atoms with Gasteiger partial charge in [0.2, 0.25) is 5.91 Å². The van der Waals surface area contributed by atoms with Crippen LogP contribution >= 0.6 is 0 Å². The molecule has 1 amide bonds. The van der Waals surface area contributed by atoms with Crippen molar-refractivity contribution in [1.82, 2.24) is 5.32 Å². The third kappa shape index (κ3) is 4.08. The molecule has 0 saturated heterocycles. The van der Waals surface area contributed by atoms with Gasteiger partial charge in [-0.3, -0.25) is 14.6 Å². The van der Waals surface area contributed by atoms with Crippen LogP contribution in [0, 0.1) is 0 Å². The van der Waals surface area contributed by atoms with Crippen LogP contribution in [0.1, 0.15) is 24.8 Å². The van der Waals surface area contributed by atoms with Crippen molar-refractivity contribution in [2.75, 3.05) is 18.4 Å². The summed E-state index contributed by atoms with van der Waals surface area (Å²) in [6, 6.07) is 7.41. The summed E-state index contributed by atoms with van der Waals surface area (Å²) in [5, 5.41) is 14.4. The van der Waals surface area contributed by atoms with Crippen LogP contribution in [0.4, 0.5) is 5.69 Å². The van der Waals surface area contributed by atoms with Gasteiger partial charge in [-0.25, -0.2) is 0 Å². The van der Waals surface area contributed by atoms with Crippen LogP contribution in [0.3, 0.4) is 0 Å². The summed E-state index contributed by atoms with van der Waals surface area (Å²) in [5.41, 5.74) is 1.69. The van der Waals surface area contributed by atoms with Gasteiger partial charge in [0.05, 0.1) is 6.54 Å². The standard InChI is InChI=1S/C14H17N3O3/c18-12(2-1-3-13(19)20)17-11-6-4-10(5-7-11)14-15-8-9-16-14/h4-7H,1-3,8-9H2,(H,15,16)(H,17,18)(H,19,20). The van der Waals surface area contributed by atoms with Crippen LogP contribution in [0.15, 0.2) is 29.3 Å². The number of aliphatic carboxylic acids is 1. The third-order valence-corrected chi connectivity index (χ3v) is 2.91. The largest absolute Gasteiger partial charge is 0.481 e. The molecule has 0 bridgehead atoms. The molecule has 2 rings (SSSR count). The number of anilines is 1. The summed E-state index contributed by atoms with van der Waals surface area (Å²) in [7, 11) is 0. The third-order valence-electron chi connectivity index (χ3n) is 2.91. The molecule has 0 spiro atoms. The van der Waals surface area contributed by atoms with Gasteiger partial charge in [0.15, 0.2) is 0 Å². The van der Waals surface area contributed by atoms with E-state index in [2.05, 4.69) is 15.6 Å². The molecule has 1 aliphatic heterocycles. The van der Waals surface area contributed by atoms with Gasteiger partial charge in [0.25, 0.3) is 0 Å². The van der Waals surface area contributed by atoms with Gasteiger partial charge in [-0.2, -0.15) is 0 Å². The molecule has 1 aliphatic rings. The normalized spacial score (nSPS) is 13.5. The average Bonchev–Trinajstić information content (AvgIpc) is 2.93. The number of aliphatic imine (C=N–C) groups is 1. The number of carbonyl (C=O) groups is 2. The maximum atomic E-state index is 11.6. The Hall–Kier alpha value is -2.37.